The molecule has 1 atom stereocenters. The third-order valence-electron chi connectivity index (χ3n) is 2.85. The molecule has 0 spiro atoms. The van der Waals surface area contributed by atoms with Crippen molar-refractivity contribution in [2.45, 2.75) is 19.6 Å². The summed E-state index contributed by atoms with van der Waals surface area (Å²) >= 11 is 0. The van der Waals surface area contributed by atoms with Crippen LogP contribution >= 0.6 is 0 Å². The highest BCUT2D eigenvalue weighted by Crippen LogP contribution is 2.26. The van der Waals surface area contributed by atoms with E-state index in [4.69, 9.17) is 9.47 Å². The van der Waals surface area contributed by atoms with E-state index in [0.717, 1.165) is 17.7 Å². The molecule has 0 aliphatic carbocycles. The molecule has 1 heterocycles. The number of benzene rings is 1. The van der Waals surface area contributed by atoms with Crippen molar-refractivity contribution in [3.05, 3.63) is 30.5 Å². The van der Waals surface area contributed by atoms with Gasteiger partial charge in [0.15, 0.2) is 0 Å². The first kappa shape index (κ1) is 11.0. The molecule has 16 heavy (non-hydrogen) atoms. The fraction of sp³-hybridized carbons (Fsp3) is 0.385. The Kier molecular flexibility index (Phi) is 3.15. The van der Waals surface area contributed by atoms with Crippen molar-refractivity contribution < 1.29 is 9.47 Å². The molecule has 0 aliphatic heterocycles. The lowest BCUT2D eigenvalue weighted by Crippen LogP contribution is -2.13. The maximum Gasteiger partial charge on any atom is 0.128 e. The highest BCUT2D eigenvalue weighted by atomic mass is 16.5. The lowest BCUT2D eigenvalue weighted by atomic mass is 10.2. The summed E-state index contributed by atoms with van der Waals surface area (Å²) in [6.07, 6.45) is 2.28. The fourth-order valence-electron chi connectivity index (χ4n) is 1.88. The van der Waals surface area contributed by atoms with Crippen LogP contribution in [0.25, 0.3) is 10.9 Å². The van der Waals surface area contributed by atoms with Crippen LogP contribution in [-0.4, -0.2) is 24.9 Å². The second kappa shape index (κ2) is 4.58. The van der Waals surface area contributed by atoms with Gasteiger partial charge in [-0.1, -0.05) is 6.07 Å². The molecule has 0 saturated carbocycles. The van der Waals surface area contributed by atoms with Gasteiger partial charge in [0.05, 0.1) is 18.7 Å². The normalized spacial score (nSPS) is 12.9. The summed E-state index contributed by atoms with van der Waals surface area (Å²) in [5.74, 6) is 0.918. The molecule has 0 saturated heterocycles. The van der Waals surface area contributed by atoms with E-state index in [-0.39, 0.29) is 6.10 Å². The Morgan fingerprint density at radius 1 is 1.25 bits per heavy atom. The predicted octanol–water partition coefficient (Wildman–Crippen LogP) is 2.68. The van der Waals surface area contributed by atoms with Crippen molar-refractivity contribution in [2.24, 2.45) is 0 Å². The van der Waals surface area contributed by atoms with Crippen LogP contribution in [0, 0.1) is 0 Å². The van der Waals surface area contributed by atoms with Crippen LogP contribution in [0.4, 0.5) is 0 Å². The van der Waals surface area contributed by atoms with E-state index in [1.807, 2.05) is 12.1 Å². The Bertz CT molecular complexity index is 476. The zero-order valence-corrected chi connectivity index (χ0v) is 9.93. The van der Waals surface area contributed by atoms with Gasteiger partial charge in [0.2, 0.25) is 0 Å². The second-order valence-corrected chi connectivity index (χ2v) is 3.91. The highest BCUT2D eigenvalue weighted by molar-refractivity contribution is 5.86. The van der Waals surface area contributed by atoms with Crippen molar-refractivity contribution in [3.63, 3.8) is 0 Å². The van der Waals surface area contributed by atoms with E-state index >= 15 is 0 Å². The zero-order chi connectivity index (χ0) is 11.5. The van der Waals surface area contributed by atoms with Crippen molar-refractivity contribution in [1.29, 1.82) is 0 Å². The van der Waals surface area contributed by atoms with Gasteiger partial charge in [-0.05, 0) is 25.1 Å². The number of nitrogens with zero attached hydrogens (tertiary/aromatic N) is 1. The monoisotopic (exact) mass is 219 g/mol. The number of hydrogen-bond donors (Lipinski definition) is 0. The van der Waals surface area contributed by atoms with Crippen LogP contribution in [0.3, 0.4) is 0 Å². The second-order valence-electron chi connectivity index (χ2n) is 3.91. The van der Waals surface area contributed by atoms with Crippen LogP contribution < -0.4 is 4.74 Å². The fourth-order valence-corrected chi connectivity index (χ4v) is 1.88. The summed E-state index contributed by atoms with van der Waals surface area (Å²) in [5.41, 5.74) is 1.18. The molecule has 0 aliphatic rings. The van der Waals surface area contributed by atoms with Crippen molar-refractivity contribution in [1.82, 2.24) is 4.57 Å². The van der Waals surface area contributed by atoms with E-state index in [1.165, 1.54) is 5.52 Å². The minimum atomic E-state index is 0.210. The van der Waals surface area contributed by atoms with Gasteiger partial charge in [-0.25, -0.2) is 0 Å². The molecule has 3 nitrogen and oxygen atoms in total. The van der Waals surface area contributed by atoms with Crippen molar-refractivity contribution >= 4 is 10.9 Å². The van der Waals surface area contributed by atoms with E-state index < -0.39 is 0 Å². The quantitative estimate of drug-likeness (QED) is 0.789. The Hall–Kier alpha value is -1.48. The van der Waals surface area contributed by atoms with Gasteiger partial charge >= 0.3 is 0 Å². The Labute approximate surface area is 95.6 Å². The average Bonchev–Trinajstić information content (AvgIpc) is 2.72. The summed E-state index contributed by atoms with van der Waals surface area (Å²) in [6.45, 7) is 2.92. The minimum absolute atomic E-state index is 0.210. The molecular formula is C13H17NO2. The van der Waals surface area contributed by atoms with Gasteiger partial charge in [-0.15, -0.1) is 0 Å². The molecule has 0 amide bonds. The molecule has 2 aromatic rings. The van der Waals surface area contributed by atoms with Gasteiger partial charge in [0.25, 0.3) is 0 Å². The molecule has 0 bridgehead atoms. The molecule has 0 fully saturated rings. The van der Waals surface area contributed by atoms with Crippen molar-refractivity contribution in [2.75, 3.05) is 14.2 Å². The Morgan fingerprint density at radius 2 is 2.06 bits per heavy atom. The van der Waals surface area contributed by atoms with Gasteiger partial charge in [-0.3, -0.25) is 0 Å². The lowest BCUT2D eigenvalue weighted by molar-refractivity contribution is 0.104. The molecule has 1 unspecified atom stereocenters. The molecule has 1 aromatic heterocycles. The maximum absolute atomic E-state index is 5.33. The van der Waals surface area contributed by atoms with Crippen LogP contribution in [0.5, 0.6) is 5.75 Å². The number of aromatic nitrogens is 1. The molecule has 0 N–H and O–H groups in total. The van der Waals surface area contributed by atoms with Gasteiger partial charge in [0.1, 0.15) is 5.75 Å². The molecule has 1 aromatic carbocycles. The van der Waals surface area contributed by atoms with E-state index in [2.05, 4.69) is 29.8 Å². The van der Waals surface area contributed by atoms with Crippen LogP contribution in [0.1, 0.15) is 6.92 Å². The number of hydrogen-bond acceptors (Lipinski definition) is 2. The van der Waals surface area contributed by atoms with Crippen molar-refractivity contribution in [3.8, 4) is 5.75 Å². The topological polar surface area (TPSA) is 23.4 Å². The predicted molar refractivity (Wildman–Crippen MR) is 65.0 cm³/mol. The van der Waals surface area contributed by atoms with Crippen LogP contribution in [-0.2, 0) is 11.3 Å². The van der Waals surface area contributed by atoms with Gasteiger partial charge < -0.3 is 14.0 Å². The molecule has 2 rings (SSSR count). The Morgan fingerprint density at radius 3 is 2.75 bits per heavy atom. The third kappa shape index (κ3) is 1.91. The summed E-state index contributed by atoms with van der Waals surface area (Å²) < 4.78 is 12.8. The maximum atomic E-state index is 5.33. The Balaban J connectivity index is 2.41. The van der Waals surface area contributed by atoms with Gasteiger partial charge in [-0.2, -0.15) is 0 Å². The molecule has 3 heteroatoms. The van der Waals surface area contributed by atoms with E-state index in [1.54, 1.807) is 14.2 Å². The summed E-state index contributed by atoms with van der Waals surface area (Å²) in [7, 11) is 3.43. The number of rotatable bonds is 4. The third-order valence-corrected chi connectivity index (χ3v) is 2.85. The zero-order valence-electron chi connectivity index (χ0n) is 9.93. The highest BCUT2D eigenvalue weighted by Gasteiger charge is 2.07. The first-order chi connectivity index (χ1) is 7.76. The summed E-state index contributed by atoms with van der Waals surface area (Å²) in [6, 6.07) is 8.17. The summed E-state index contributed by atoms with van der Waals surface area (Å²) in [4.78, 5) is 0. The minimum Gasteiger partial charge on any atom is -0.496 e. The standard InChI is InChI=1S/C13H17NO2/c1-10(15-2)9-14-8-7-11-12(14)5-4-6-13(11)16-3/h4-8,10H,9H2,1-3H3. The first-order valence-electron chi connectivity index (χ1n) is 5.41. The smallest absolute Gasteiger partial charge is 0.128 e. The van der Waals surface area contributed by atoms with E-state index in [9.17, 15) is 0 Å². The number of fused-ring (bicyclic) bond motifs is 1. The SMILES string of the molecule is COc1cccc2c1ccn2CC(C)OC. The molecule has 86 valence electrons. The average molecular weight is 219 g/mol. The lowest BCUT2D eigenvalue weighted by Gasteiger charge is -2.12. The number of ether oxygens (including phenoxy) is 2. The van der Waals surface area contributed by atoms with E-state index in [0.29, 0.717) is 0 Å². The first-order valence-corrected chi connectivity index (χ1v) is 5.41. The molecule has 0 radical (unpaired) electrons. The van der Waals surface area contributed by atoms with Gasteiger partial charge in [0, 0.05) is 25.2 Å². The molecular weight excluding hydrogens is 202 g/mol. The largest absolute Gasteiger partial charge is 0.496 e. The number of methoxy groups -OCH3 is 2. The van der Waals surface area contributed by atoms with Crippen LogP contribution in [0.15, 0.2) is 30.5 Å². The van der Waals surface area contributed by atoms with Crippen LogP contribution in [0.2, 0.25) is 0 Å². The summed E-state index contributed by atoms with van der Waals surface area (Å²) in [5, 5.41) is 1.15.